The maximum Gasteiger partial charge on any atom is 0.235 e. The molecule has 0 radical (unpaired) electrons. The summed E-state index contributed by atoms with van der Waals surface area (Å²) in [7, 11) is 1.53. The number of carbonyl (C=O) groups excluding carboxylic acids is 1. The fraction of sp³-hybridized carbons (Fsp3) is 0.444. The van der Waals surface area contributed by atoms with E-state index in [-0.39, 0.29) is 10.7 Å². The van der Waals surface area contributed by atoms with Crippen LogP contribution in [0.3, 0.4) is 0 Å². The molecule has 6 heteroatoms. The van der Waals surface area contributed by atoms with Crippen molar-refractivity contribution in [3.8, 4) is 5.88 Å². The number of hydrogen-bond acceptors (Lipinski definition) is 4. The van der Waals surface area contributed by atoms with Gasteiger partial charge in [-0.1, -0.05) is 15.9 Å². The van der Waals surface area contributed by atoms with Crippen molar-refractivity contribution in [2.24, 2.45) is 0 Å². The van der Waals surface area contributed by atoms with Crippen LogP contribution in [0.5, 0.6) is 5.88 Å². The van der Waals surface area contributed by atoms with Gasteiger partial charge in [-0.3, -0.25) is 9.69 Å². The molecule has 0 aromatic carbocycles. The maximum atomic E-state index is 11.6. The Morgan fingerprint density at radius 2 is 2.47 bits per heavy atom. The van der Waals surface area contributed by atoms with Crippen molar-refractivity contribution < 1.29 is 9.53 Å². The van der Waals surface area contributed by atoms with Crippen LogP contribution in [0.2, 0.25) is 0 Å². The first kappa shape index (κ1) is 10.4. The van der Waals surface area contributed by atoms with Gasteiger partial charge in [0.2, 0.25) is 17.7 Å². The number of rotatable bonds is 2. The third-order valence-corrected chi connectivity index (χ3v) is 2.76. The summed E-state index contributed by atoms with van der Waals surface area (Å²) in [5.41, 5.74) is 0. The first-order valence-electron chi connectivity index (χ1n) is 4.52. The number of carbonyl (C=O) groups is 1. The zero-order chi connectivity index (χ0) is 10.8. The minimum Gasteiger partial charge on any atom is -0.481 e. The van der Waals surface area contributed by atoms with E-state index in [0.29, 0.717) is 24.8 Å². The average molecular weight is 272 g/mol. The van der Waals surface area contributed by atoms with E-state index in [2.05, 4.69) is 25.9 Å². The SMILES string of the molecule is COc1ccnc(N2CC(Br)CC2=O)n1. The lowest BCUT2D eigenvalue weighted by Crippen LogP contribution is -2.26. The second-order valence-electron chi connectivity index (χ2n) is 3.20. The smallest absolute Gasteiger partial charge is 0.235 e. The molecule has 2 rings (SSSR count). The minimum absolute atomic E-state index is 0.0325. The van der Waals surface area contributed by atoms with E-state index in [4.69, 9.17) is 4.74 Å². The Morgan fingerprint density at radius 3 is 3.07 bits per heavy atom. The molecule has 80 valence electrons. The van der Waals surface area contributed by atoms with E-state index in [9.17, 15) is 4.79 Å². The molecule has 1 unspecified atom stereocenters. The van der Waals surface area contributed by atoms with Gasteiger partial charge >= 0.3 is 0 Å². The molecule has 2 heterocycles. The molecular weight excluding hydrogens is 262 g/mol. The van der Waals surface area contributed by atoms with Crippen LogP contribution < -0.4 is 9.64 Å². The lowest BCUT2D eigenvalue weighted by molar-refractivity contribution is -0.117. The van der Waals surface area contributed by atoms with Crippen molar-refractivity contribution in [1.29, 1.82) is 0 Å². The fourth-order valence-corrected chi connectivity index (χ4v) is 2.00. The number of anilines is 1. The predicted molar refractivity (Wildman–Crippen MR) is 58.3 cm³/mol. The Morgan fingerprint density at radius 1 is 1.67 bits per heavy atom. The van der Waals surface area contributed by atoms with Crippen LogP contribution in [0.4, 0.5) is 5.95 Å². The summed E-state index contributed by atoms with van der Waals surface area (Å²) in [6, 6.07) is 1.65. The molecule has 5 nitrogen and oxygen atoms in total. The molecule has 0 saturated carbocycles. The quantitative estimate of drug-likeness (QED) is 0.753. The van der Waals surface area contributed by atoms with Crippen molar-refractivity contribution in [3.63, 3.8) is 0 Å². The van der Waals surface area contributed by atoms with Gasteiger partial charge < -0.3 is 4.74 Å². The lowest BCUT2D eigenvalue weighted by Gasteiger charge is -2.13. The molecule has 1 aliphatic rings. The van der Waals surface area contributed by atoms with E-state index in [1.54, 1.807) is 17.2 Å². The molecule has 0 N–H and O–H groups in total. The van der Waals surface area contributed by atoms with Gasteiger partial charge in [0.15, 0.2) is 0 Å². The number of alkyl halides is 1. The number of amides is 1. The highest BCUT2D eigenvalue weighted by Gasteiger charge is 2.30. The van der Waals surface area contributed by atoms with E-state index in [0.717, 1.165) is 0 Å². The molecule has 0 aliphatic carbocycles. The van der Waals surface area contributed by atoms with Crippen LogP contribution in [0, 0.1) is 0 Å². The number of halogens is 1. The van der Waals surface area contributed by atoms with Crippen LogP contribution in [-0.4, -0.2) is 34.4 Å². The first-order chi connectivity index (χ1) is 7.20. The topological polar surface area (TPSA) is 55.3 Å². The van der Waals surface area contributed by atoms with Gasteiger partial charge in [0.05, 0.1) is 7.11 Å². The summed E-state index contributed by atoms with van der Waals surface area (Å²) >= 11 is 3.40. The molecule has 1 fully saturated rings. The van der Waals surface area contributed by atoms with Gasteiger partial charge in [0, 0.05) is 30.1 Å². The summed E-state index contributed by atoms with van der Waals surface area (Å²) in [6.07, 6.45) is 2.07. The third kappa shape index (κ3) is 2.09. The zero-order valence-electron chi connectivity index (χ0n) is 8.18. The van der Waals surface area contributed by atoms with Gasteiger partial charge in [0.1, 0.15) is 0 Å². The number of nitrogens with zero attached hydrogens (tertiary/aromatic N) is 3. The Hall–Kier alpha value is -1.17. The van der Waals surface area contributed by atoms with Crippen LogP contribution in [0.1, 0.15) is 6.42 Å². The second kappa shape index (κ2) is 4.14. The van der Waals surface area contributed by atoms with Crippen molar-refractivity contribution in [1.82, 2.24) is 9.97 Å². The van der Waals surface area contributed by atoms with Crippen LogP contribution in [0.15, 0.2) is 12.3 Å². The Kier molecular flexibility index (Phi) is 2.86. The molecule has 1 atom stereocenters. The molecule has 1 aromatic heterocycles. The average Bonchev–Trinajstić information content (AvgIpc) is 2.58. The largest absolute Gasteiger partial charge is 0.481 e. The highest BCUT2D eigenvalue weighted by atomic mass is 79.9. The molecular formula is C9H10BrN3O2. The van der Waals surface area contributed by atoms with E-state index < -0.39 is 0 Å². The number of ether oxygens (including phenoxy) is 1. The van der Waals surface area contributed by atoms with E-state index in [1.807, 2.05) is 0 Å². The van der Waals surface area contributed by atoms with Gasteiger partial charge in [-0.2, -0.15) is 4.98 Å². The lowest BCUT2D eigenvalue weighted by atomic mass is 10.4. The molecule has 1 amide bonds. The monoisotopic (exact) mass is 271 g/mol. The minimum atomic E-state index is 0.0325. The highest BCUT2D eigenvalue weighted by molar-refractivity contribution is 9.09. The van der Waals surface area contributed by atoms with Crippen LogP contribution in [-0.2, 0) is 4.79 Å². The summed E-state index contributed by atoms with van der Waals surface area (Å²) in [6.45, 7) is 0.603. The molecule has 1 aliphatic heterocycles. The Labute approximate surface area is 95.6 Å². The van der Waals surface area contributed by atoms with Gasteiger partial charge in [-0.25, -0.2) is 4.98 Å². The molecule has 1 aromatic rings. The number of hydrogen-bond donors (Lipinski definition) is 0. The molecule has 15 heavy (non-hydrogen) atoms. The van der Waals surface area contributed by atoms with Crippen molar-refractivity contribution in [2.45, 2.75) is 11.2 Å². The summed E-state index contributed by atoms with van der Waals surface area (Å²) < 4.78 is 4.98. The standard InChI is InChI=1S/C9H10BrN3O2/c1-15-7-2-3-11-9(12-7)13-5-6(10)4-8(13)14/h2-3,6H,4-5H2,1H3. The third-order valence-electron chi connectivity index (χ3n) is 2.15. The molecule has 1 saturated heterocycles. The van der Waals surface area contributed by atoms with Gasteiger partial charge in [-0.05, 0) is 0 Å². The van der Waals surface area contributed by atoms with E-state index >= 15 is 0 Å². The van der Waals surface area contributed by atoms with E-state index in [1.165, 1.54) is 7.11 Å². The summed E-state index contributed by atoms with van der Waals surface area (Å²) in [5.74, 6) is 0.900. The number of methoxy groups -OCH3 is 1. The van der Waals surface area contributed by atoms with Crippen molar-refractivity contribution in [2.75, 3.05) is 18.6 Å². The first-order valence-corrected chi connectivity index (χ1v) is 5.43. The fourth-order valence-electron chi connectivity index (χ4n) is 1.43. The van der Waals surface area contributed by atoms with Gasteiger partial charge in [-0.15, -0.1) is 0 Å². The number of aromatic nitrogens is 2. The van der Waals surface area contributed by atoms with Crippen molar-refractivity contribution in [3.05, 3.63) is 12.3 Å². The zero-order valence-corrected chi connectivity index (χ0v) is 9.77. The maximum absolute atomic E-state index is 11.6. The van der Waals surface area contributed by atoms with Crippen LogP contribution in [0.25, 0.3) is 0 Å². The molecule has 0 bridgehead atoms. The van der Waals surface area contributed by atoms with Gasteiger partial charge in [0.25, 0.3) is 0 Å². The molecule has 0 spiro atoms. The normalized spacial score (nSPS) is 20.8. The predicted octanol–water partition coefficient (Wildman–Crippen LogP) is 0.985. The Bertz CT molecular complexity index is 385. The second-order valence-corrected chi connectivity index (χ2v) is 4.50. The van der Waals surface area contributed by atoms with Crippen LogP contribution >= 0.6 is 15.9 Å². The summed E-state index contributed by atoms with van der Waals surface area (Å²) in [5, 5.41) is 0. The highest BCUT2D eigenvalue weighted by Crippen LogP contribution is 2.23. The Balaban J connectivity index is 2.25. The van der Waals surface area contributed by atoms with Crippen molar-refractivity contribution >= 4 is 27.8 Å². The summed E-state index contributed by atoms with van der Waals surface area (Å²) in [4.78, 5) is 21.5.